The predicted molar refractivity (Wildman–Crippen MR) is 87.4 cm³/mol. The van der Waals surface area contributed by atoms with Crippen LogP contribution in [0.4, 0.5) is 0 Å². The average molecular weight is 320 g/mol. The third-order valence-corrected chi connectivity index (χ3v) is 5.19. The summed E-state index contributed by atoms with van der Waals surface area (Å²) in [5.74, 6) is 0.0132. The third kappa shape index (κ3) is 1.85. The highest BCUT2D eigenvalue weighted by molar-refractivity contribution is 7.12. The number of nitrogens with two attached hydrogens (primary N) is 1. The summed E-state index contributed by atoms with van der Waals surface area (Å²) >= 11 is 1.56. The van der Waals surface area contributed by atoms with Crippen LogP contribution in [0.15, 0.2) is 53.4 Å². The molecule has 0 saturated heterocycles. The quantitative estimate of drug-likeness (QED) is 0.873. The number of rotatable bonds is 1. The second kappa shape index (κ2) is 4.83. The first-order valence-electron chi connectivity index (χ1n) is 7.14. The molecular formula is C18H12N2O2S. The number of nitriles is 1. The van der Waals surface area contributed by atoms with Gasteiger partial charge in [-0.1, -0.05) is 24.3 Å². The van der Waals surface area contributed by atoms with Gasteiger partial charge in [-0.25, -0.2) is 0 Å². The lowest BCUT2D eigenvalue weighted by Crippen LogP contribution is -2.20. The van der Waals surface area contributed by atoms with Crippen LogP contribution >= 0.6 is 11.3 Å². The lowest BCUT2D eigenvalue weighted by atomic mass is 9.86. The molecule has 0 saturated carbocycles. The fraction of sp³-hybridized carbons (Fsp3) is 0.111. The van der Waals surface area contributed by atoms with Crippen LogP contribution in [0.2, 0.25) is 0 Å². The Kier molecular flexibility index (Phi) is 2.90. The topological polar surface area (TPSA) is 76.1 Å². The molecule has 4 rings (SSSR count). The molecule has 2 aliphatic rings. The lowest BCUT2D eigenvalue weighted by molar-refractivity contribution is 0.103. The second-order valence-electron chi connectivity index (χ2n) is 5.49. The SMILES string of the molecule is Cc1ccc(C2C(C#N)=C(N)OC3=C2C(=O)c2ccccc23)s1. The number of benzene rings is 1. The Bertz CT molecular complexity index is 959. The summed E-state index contributed by atoms with van der Waals surface area (Å²) in [7, 11) is 0. The molecule has 2 heterocycles. The Balaban J connectivity index is 1.97. The van der Waals surface area contributed by atoms with Gasteiger partial charge in [0.1, 0.15) is 17.4 Å². The lowest BCUT2D eigenvalue weighted by Gasteiger charge is -2.24. The Hall–Kier alpha value is -2.84. The normalized spacial score (nSPS) is 19.3. The van der Waals surface area contributed by atoms with Crippen molar-refractivity contribution in [3.63, 3.8) is 0 Å². The van der Waals surface area contributed by atoms with Gasteiger partial charge in [0.2, 0.25) is 5.88 Å². The second-order valence-corrected chi connectivity index (χ2v) is 6.81. The third-order valence-electron chi connectivity index (χ3n) is 4.13. The zero-order valence-electron chi connectivity index (χ0n) is 12.3. The van der Waals surface area contributed by atoms with E-state index >= 15 is 0 Å². The predicted octanol–water partition coefficient (Wildman–Crippen LogP) is 3.47. The Morgan fingerprint density at radius 3 is 2.61 bits per heavy atom. The smallest absolute Gasteiger partial charge is 0.205 e. The minimum atomic E-state index is -0.456. The van der Waals surface area contributed by atoms with Gasteiger partial charge in [0.15, 0.2) is 5.78 Å². The number of carbonyl (C=O) groups is 1. The van der Waals surface area contributed by atoms with E-state index in [0.717, 1.165) is 15.3 Å². The van der Waals surface area contributed by atoms with Gasteiger partial charge in [-0.15, -0.1) is 11.3 Å². The standard InChI is InChI=1S/C18H12N2O2S/c1-9-6-7-13(23-9)14-12(8-19)18(20)22-17-11-5-3-2-4-10(11)16(21)15(14)17/h2-7,14H,20H2,1H3. The molecule has 112 valence electrons. The Labute approximate surface area is 137 Å². The Morgan fingerprint density at radius 1 is 1.22 bits per heavy atom. The highest BCUT2D eigenvalue weighted by atomic mass is 32.1. The van der Waals surface area contributed by atoms with Gasteiger partial charge in [0.05, 0.1) is 11.5 Å². The monoisotopic (exact) mass is 320 g/mol. The fourth-order valence-corrected chi connectivity index (χ4v) is 4.11. The summed E-state index contributed by atoms with van der Waals surface area (Å²) in [5.41, 5.74) is 8.13. The van der Waals surface area contributed by atoms with Crippen molar-refractivity contribution in [2.75, 3.05) is 0 Å². The molecule has 1 aliphatic carbocycles. The van der Waals surface area contributed by atoms with Gasteiger partial charge in [-0.2, -0.15) is 5.26 Å². The van der Waals surface area contributed by atoms with E-state index in [4.69, 9.17) is 10.5 Å². The Morgan fingerprint density at radius 2 is 1.96 bits per heavy atom. The molecule has 0 bridgehead atoms. The van der Waals surface area contributed by atoms with E-state index in [9.17, 15) is 10.1 Å². The molecule has 2 aromatic rings. The van der Waals surface area contributed by atoms with Crippen molar-refractivity contribution >= 4 is 22.9 Å². The molecule has 0 fully saturated rings. The largest absolute Gasteiger partial charge is 0.439 e. The van der Waals surface area contributed by atoms with Gasteiger partial charge in [-0.05, 0) is 19.1 Å². The van der Waals surface area contributed by atoms with Crippen molar-refractivity contribution in [2.24, 2.45) is 5.73 Å². The number of carbonyl (C=O) groups excluding carboxylic acids is 1. The molecule has 0 amide bonds. The number of fused-ring (bicyclic) bond motifs is 2. The molecule has 0 spiro atoms. The first-order valence-corrected chi connectivity index (χ1v) is 7.95. The fourth-order valence-electron chi connectivity index (χ4n) is 3.11. The van der Waals surface area contributed by atoms with E-state index in [0.29, 0.717) is 22.5 Å². The van der Waals surface area contributed by atoms with Crippen molar-refractivity contribution in [3.8, 4) is 6.07 Å². The minimum absolute atomic E-state index is 0.0757. The maximum absolute atomic E-state index is 12.9. The first kappa shape index (κ1) is 13.8. The van der Waals surface area contributed by atoms with E-state index in [1.165, 1.54) is 0 Å². The van der Waals surface area contributed by atoms with Crippen molar-refractivity contribution in [2.45, 2.75) is 12.8 Å². The molecule has 5 heteroatoms. The summed E-state index contributed by atoms with van der Waals surface area (Å²) in [6.45, 7) is 1.99. The summed E-state index contributed by atoms with van der Waals surface area (Å²) < 4.78 is 5.67. The molecule has 23 heavy (non-hydrogen) atoms. The first-order chi connectivity index (χ1) is 11.1. The molecular weight excluding hydrogens is 308 g/mol. The van der Waals surface area contributed by atoms with E-state index in [2.05, 4.69) is 6.07 Å². The van der Waals surface area contributed by atoms with Crippen LogP contribution in [0.3, 0.4) is 0 Å². The van der Waals surface area contributed by atoms with Crippen LogP contribution in [0, 0.1) is 18.3 Å². The van der Waals surface area contributed by atoms with Crippen LogP contribution in [0.5, 0.6) is 0 Å². The maximum atomic E-state index is 12.9. The summed E-state index contributed by atoms with van der Waals surface area (Å²) in [4.78, 5) is 14.9. The molecule has 1 aliphatic heterocycles. The molecule has 0 radical (unpaired) electrons. The summed E-state index contributed by atoms with van der Waals surface area (Å²) in [6.07, 6.45) is 0. The molecule has 2 N–H and O–H groups in total. The average Bonchev–Trinajstić information content (AvgIpc) is 3.09. The van der Waals surface area contributed by atoms with Gasteiger partial charge in [0.25, 0.3) is 0 Å². The van der Waals surface area contributed by atoms with E-state index in [-0.39, 0.29) is 11.7 Å². The number of nitrogens with zero attached hydrogens (tertiary/aromatic N) is 1. The van der Waals surface area contributed by atoms with Crippen molar-refractivity contribution in [3.05, 3.63) is 74.3 Å². The zero-order valence-corrected chi connectivity index (χ0v) is 13.1. The van der Waals surface area contributed by atoms with Crippen LogP contribution in [-0.2, 0) is 4.74 Å². The minimum Gasteiger partial charge on any atom is -0.439 e. The summed E-state index contributed by atoms with van der Waals surface area (Å²) in [6, 6.07) is 13.3. The molecule has 1 aromatic heterocycles. The number of hydrogen-bond donors (Lipinski definition) is 1. The number of Topliss-reactive ketones (excluding diaryl/α,β-unsaturated/α-hetero) is 1. The van der Waals surface area contributed by atoms with Crippen LogP contribution < -0.4 is 5.73 Å². The highest BCUT2D eigenvalue weighted by Gasteiger charge is 2.43. The molecule has 1 unspecified atom stereocenters. The van der Waals surface area contributed by atoms with E-state index < -0.39 is 5.92 Å². The van der Waals surface area contributed by atoms with E-state index in [1.807, 2.05) is 37.3 Å². The van der Waals surface area contributed by atoms with Gasteiger partial charge >= 0.3 is 0 Å². The van der Waals surface area contributed by atoms with E-state index in [1.54, 1.807) is 17.4 Å². The van der Waals surface area contributed by atoms with Crippen molar-refractivity contribution in [1.29, 1.82) is 5.26 Å². The maximum Gasteiger partial charge on any atom is 0.205 e. The molecule has 1 aromatic carbocycles. The van der Waals surface area contributed by atoms with Gasteiger partial charge in [-0.3, -0.25) is 4.79 Å². The van der Waals surface area contributed by atoms with Crippen molar-refractivity contribution in [1.82, 2.24) is 0 Å². The van der Waals surface area contributed by atoms with Gasteiger partial charge in [0, 0.05) is 20.9 Å². The highest BCUT2D eigenvalue weighted by Crippen LogP contribution is 2.49. The number of hydrogen-bond acceptors (Lipinski definition) is 5. The van der Waals surface area contributed by atoms with Crippen LogP contribution in [0.25, 0.3) is 5.76 Å². The number of ether oxygens (including phenoxy) is 1. The van der Waals surface area contributed by atoms with Crippen molar-refractivity contribution < 1.29 is 9.53 Å². The summed E-state index contributed by atoms with van der Waals surface area (Å²) in [5, 5.41) is 9.53. The molecule has 4 nitrogen and oxygen atoms in total. The number of ketones is 1. The number of aryl methyl sites for hydroxylation is 1. The number of thiophene rings is 1. The number of allylic oxidation sites excluding steroid dienone is 2. The zero-order chi connectivity index (χ0) is 16.1. The molecule has 1 atom stereocenters. The van der Waals surface area contributed by atoms with Crippen LogP contribution in [0.1, 0.15) is 31.6 Å². The van der Waals surface area contributed by atoms with Crippen LogP contribution in [-0.4, -0.2) is 5.78 Å². The van der Waals surface area contributed by atoms with Gasteiger partial charge < -0.3 is 10.5 Å².